The molecule has 1 unspecified atom stereocenters. The molecule has 5 nitrogen and oxygen atoms in total. The van der Waals surface area contributed by atoms with Gasteiger partial charge in [-0.25, -0.2) is 4.79 Å². The van der Waals surface area contributed by atoms with Crippen LogP contribution in [-0.4, -0.2) is 36.7 Å². The minimum atomic E-state index is -0.614. The van der Waals surface area contributed by atoms with Gasteiger partial charge in [-0.05, 0) is 30.7 Å². The van der Waals surface area contributed by atoms with Crippen LogP contribution in [0.5, 0.6) is 0 Å². The molecule has 1 heterocycles. The maximum Gasteiger partial charge on any atom is 0.337 e. The third-order valence-corrected chi connectivity index (χ3v) is 3.01. The van der Waals surface area contributed by atoms with Crippen LogP contribution in [0.15, 0.2) is 18.2 Å². The van der Waals surface area contributed by atoms with E-state index in [2.05, 4.69) is 4.74 Å². The van der Waals surface area contributed by atoms with Crippen molar-refractivity contribution in [1.82, 2.24) is 0 Å². The lowest BCUT2D eigenvalue weighted by atomic mass is 10.1. The van der Waals surface area contributed by atoms with Crippen LogP contribution in [0.4, 0.5) is 5.69 Å². The minimum absolute atomic E-state index is 0.101. The van der Waals surface area contributed by atoms with Gasteiger partial charge in [-0.2, -0.15) is 0 Å². The average molecular weight is 249 g/mol. The maximum absolute atomic E-state index is 11.7. The van der Waals surface area contributed by atoms with Crippen LogP contribution in [0.1, 0.15) is 22.3 Å². The number of benzene rings is 1. The molecule has 18 heavy (non-hydrogen) atoms. The Labute approximate surface area is 105 Å². The predicted molar refractivity (Wildman–Crippen MR) is 65.5 cm³/mol. The molecule has 2 rings (SSSR count). The summed E-state index contributed by atoms with van der Waals surface area (Å²) in [6, 6.07) is 5.00. The molecule has 0 saturated carbocycles. The molecule has 0 radical (unpaired) electrons. The van der Waals surface area contributed by atoms with Crippen LogP contribution < -0.4 is 4.90 Å². The van der Waals surface area contributed by atoms with Crippen LogP contribution in [0.2, 0.25) is 0 Å². The molecule has 0 aromatic heterocycles. The van der Waals surface area contributed by atoms with Gasteiger partial charge in [-0.15, -0.1) is 0 Å². The molecule has 1 fully saturated rings. The number of carbonyl (C=O) groups is 2. The summed E-state index contributed by atoms with van der Waals surface area (Å²) in [6.45, 7) is 2.12. The highest BCUT2D eigenvalue weighted by Crippen LogP contribution is 2.26. The number of hydrogen-bond acceptors (Lipinski definition) is 4. The molecule has 1 N–H and O–H groups in total. The molecular formula is C13H15NO4. The number of nitrogens with zero attached hydrogens (tertiary/aromatic N) is 1. The van der Waals surface area contributed by atoms with E-state index in [1.165, 1.54) is 7.11 Å². The molecule has 0 bridgehead atoms. The summed E-state index contributed by atoms with van der Waals surface area (Å²) in [5.41, 5.74) is 1.98. The van der Waals surface area contributed by atoms with E-state index < -0.39 is 12.1 Å². The van der Waals surface area contributed by atoms with Crippen molar-refractivity contribution in [3.05, 3.63) is 29.3 Å². The van der Waals surface area contributed by atoms with Crippen molar-refractivity contribution < 1.29 is 19.4 Å². The number of carbonyl (C=O) groups excluding carboxylic acids is 2. The molecule has 0 spiro atoms. The van der Waals surface area contributed by atoms with Crippen molar-refractivity contribution in [2.45, 2.75) is 19.4 Å². The van der Waals surface area contributed by atoms with Gasteiger partial charge in [0, 0.05) is 5.69 Å². The Morgan fingerprint density at radius 2 is 2.22 bits per heavy atom. The first-order chi connectivity index (χ1) is 8.52. The largest absolute Gasteiger partial charge is 0.465 e. The molecule has 1 aliphatic rings. The van der Waals surface area contributed by atoms with Crippen LogP contribution >= 0.6 is 0 Å². The van der Waals surface area contributed by atoms with Crippen LogP contribution in [-0.2, 0) is 9.53 Å². The number of aryl methyl sites for hydroxylation is 1. The Hall–Kier alpha value is -1.88. The van der Waals surface area contributed by atoms with Gasteiger partial charge in [-0.3, -0.25) is 4.79 Å². The van der Waals surface area contributed by atoms with E-state index in [-0.39, 0.29) is 12.3 Å². The van der Waals surface area contributed by atoms with E-state index in [1.54, 1.807) is 23.1 Å². The SMILES string of the molecule is COC(=O)c1ccc(N2CC(O)CC2=O)c(C)c1. The summed E-state index contributed by atoms with van der Waals surface area (Å²) < 4.78 is 4.64. The molecule has 1 aromatic rings. The first kappa shape index (κ1) is 12.6. The van der Waals surface area contributed by atoms with Crippen LogP contribution in [0.3, 0.4) is 0 Å². The summed E-state index contributed by atoms with van der Waals surface area (Å²) in [4.78, 5) is 24.6. The number of ether oxygens (including phenoxy) is 1. The van der Waals surface area contributed by atoms with Gasteiger partial charge in [0.05, 0.1) is 31.7 Å². The molecule has 96 valence electrons. The molecule has 1 saturated heterocycles. The lowest BCUT2D eigenvalue weighted by Crippen LogP contribution is -2.26. The number of esters is 1. The van der Waals surface area contributed by atoms with Gasteiger partial charge in [0.1, 0.15) is 0 Å². The molecule has 5 heteroatoms. The standard InChI is InChI=1S/C13H15NO4/c1-8-5-9(13(17)18-2)3-4-11(8)14-7-10(15)6-12(14)16/h3-5,10,15H,6-7H2,1-2H3. The quantitative estimate of drug-likeness (QED) is 0.790. The summed E-state index contributed by atoms with van der Waals surface area (Å²) in [7, 11) is 1.33. The Morgan fingerprint density at radius 3 is 2.72 bits per heavy atom. The number of aliphatic hydroxyl groups is 1. The zero-order valence-electron chi connectivity index (χ0n) is 10.3. The van der Waals surface area contributed by atoms with E-state index in [1.807, 2.05) is 6.92 Å². The second-order valence-electron chi connectivity index (χ2n) is 4.36. The smallest absolute Gasteiger partial charge is 0.337 e. The molecule has 1 aromatic carbocycles. The third kappa shape index (κ3) is 2.22. The number of hydrogen-bond donors (Lipinski definition) is 1. The number of amides is 1. The van der Waals surface area contributed by atoms with E-state index >= 15 is 0 Å². The van der Waals surface area contributed by atoms with Gasteiger partial charge in [0.15, 0.2) is 0 Å². The fourth-order valence-corrected chi connectivity index (χ4v) is 2.12. The zero-order chi connectivity index (χ0) is 13.3. The topological polar surface area (TPSA) is 66.8 Å². The normalized spacial score (nSPS) is 19.2. The summed E-state index contributed by atoms with van der Waals surface area (Å²) in [5.74, 6) is -0.506. The third-order valence-electron chi connectivity index (χ3n) is 3.01. The van der Waals surface area contributed by atoms with Crippen molar-refractivity contribution in [3.63, 3.8) is 0 Å². The highest BCUT2D eigenvalue weighted by molar-refractivity contribution is 5.97. The van der Waals surface area contributed by atoms with Crippen molar-refractivity contribution in [2.75, 3.05) is 18.6 Å². The number of β-amino-alcohol motifs (C(OH)–C–C–N with tert-alkyl or cyclic N) is 1. The number of methoxy groups -OCH3 is 1. The molecule has 1 amide bonds. The van der Waals surface area contributed by atoms with Gasteiger partial charge in [0.25, 0.3) is 0 Å². The predicted octanol–water partition coefficient (Wildman–Crippen LogP) is 0.879. The zero-order valence-corrected chi connectivity index (χ0v) is 10.3. The fourth-order valence-electron chi connectivity index (χ4n) is 2.12. The van der Waals surface area contributed by atoms with Crippen molar-refractivity contribution in [1.29, 1.82) is 0 Å². The highest BCUT2D eigenvalue weighted by atomic mass is 16.5. The van der Waals surface area contributed by atoms with E-state index in [0.29, 0.717) is 12.1 Å². The first-order valence-corrected chi connectivity index (χ1v) is 5.70. The van der Waals surface area contributed by atoms with Crippen LogP contribution in [0, 0.1) is 6.92 Å². The average Bonchev–Trinajstić information content (AvgIpc) is 2.67. The summed E-state index contributed by atoms with van der Waals surface area (Å²) >= 11 is 0. The monoisotopic (exact) mass is 249 g/mol. The van der Waals surface area contributed by atoms with E-state index in [4.69, 9.17) is 0 Å². The molecular weight excluding hydrogens is 234 g/mol. The summed E-state index contributed by atoms with van der Waals surface area (Å²) in [5, 5.41) is 9.47. The highest BCUT2D eigenvalue weighted by Gasteiger charge is 2.30. The lowest BCUT2D eigenvalue weighted by molar-refractivity contribution is -0.117. The minimum Gasteiger partial charge on any atom is -0.465 e. The van der Waals surface area contributed by atoms with Crippen molar-refractivity contribution >= 4 is 17.6 Å². The van der Waals surface area contributed by atoms with Gasteiger partial charge >= 0.3 is 5.97 Å². The Kier molecular flexibility index (Phi) is 3.34. The van der Waals surface area contributed by atoms with E-state index in [0.717, 1.165) is 11.3 Å². The second-order valence-corrected chi connectivity index (χ2v) is 4.36. The van der Waals surface area contributed by atoms with Crippen molar-refractivity contribution in [2.24, 2.45) is 0 Å². The van der Waals surface area contributed by atoms with Gasteiger partial charge in [0.2, 0.25) is 5.91 Å². The Balaban J connectivity index is 2.30. The Morgan fingerprint density at radius 1 is 1.50 bits per heavy atom. The number of anilines is 1. The number of rotatable bonds is 2. The van der Waals surface area contributed by atoms with Crippen LogP contribution in [0.25, 0.3) is 0 Å². The molecule has 1 aliphatic heterocycles. The molecule has 0 aliphatic carbocycles. The fraction of sp³-hybridized carbons (Fsp3) is 0.385. The van der Waals surface area contributed by atoms with Gasteiger partial charge in [-0.1, -0.05) is 0 Å². The molecule has 1 atom stereocenters. The lowest BCUT2D eigenvalue weighted by Gasteiger charge is -2.18. The number of aliphatic hydroxyl groups excluding tert-OH is 1. The van der Waals surface area contributed by atoms with Crippen molar-refractivity contribution in [3.8, 4) is 0 Å². The van der Waals surface area contributed by atoms with Gasteiger partial charge < -0.3 is 14.7 Å². The summed E-state index contributed by atoms with van der Waals surface area (Å²) in [6.07, 6.45) is -0.463. The van der Waals surface area contributed by atoms with E-state index in [9.17, 15) is 14.7 Å². The maximum atomic E-state index is 11.7. The first-order valence-electron chi connectivity index (χ1n) is 5.70. The Bertz CT molecular complexity index is 498. The second kappa shape index (κ2) is 4.78.